The van der Waals surface area contributed by atoms with Crippen molar-refractivity contribution in [3.8, 4) is 5.75 Å². The van der Waals surface area contributed by atoms with E-state index in [1.165, 1.54) is 4.31 Å². The van der Waals surface area contributed by atoms with Crippen LogP contribution in [-0.4, -0.2) is 40.4 Å². The van der Waals surface area contributed by atoms with Crippen molar-refractivity contribution in [3.05, 3.63) is 28.2 Å². The number of nitrogens with one attached hydrogen (secondary N) is 2. The molecule has 0 saturated carbocycles. The van der Waals surface area contributed by atoms with Gasteiger partial charge in [-0.2, -0.15) is 8.68 Å². The fourth-order valence-electron chi connectivity index (χ4n) is 2.06. The standard InChI is InChI=1S/C14H16Cl2N4O3S3/c1-3-20(4-2)26(22,23)13-11(21)12(19-25-13)18-14(24)17-9-7-5-6-8(15)10(9)16/h5-7,21H,3-4H2,1-2H3,(H2,17,18,19,24). The first kappa shape index (κ1) is 21.1. The number of halogens is 2. The van der Waals surface area contributed by atoms with E-state index in [0.29, 0.717) is 22.2 Å². The Labute approximate surface area is 171 Å². The molecule has 12 heteroatoms. The van der Waals surface area contributed by atoms with Gasteiger partial charge < -0.3 is 15.7 Å². The number of anilines is 2. The van der Waals surface area contributed by atoms with Crippen LogP contribution in [0.25, 0.3) is 0 Å². The summed E-state index contributed by atoms with van der Waals surface area (Å²) in [5, 5.41) is 16.4. The Morgan fingerprint density at radius 2 is 1.96 bits per heavy atom. The van der Waals surface area contributed by atoms with Crippen molar-refractivity contribution >= 4 is 73.6 Å². The first-order valence-electron chi connectivity index (χ1n) is 7.43. The molecular weight excluding hydrogens is 439 g/mol. The average Bonchev–Trinajstić information content (AvgIpc) is 2.94. The molecule has 2 rings (SSSR count). The lowest BCUT2D eigenvalue weighted by molar-refractivity contribution is 0.434. The predicted molar refractivity (Wildman–Crippen MR) is 110 cm³/mol. The van der Waals surface area contributed by atoms with Gasteiger partial charge in [0, 0.05) is 13.1 Å². The smallest absolute Gasteiger partial charge is 0.257 e. The van der Waals surface area contributed by atoms with Crippen LogP contribution in [0.4, 0.5) is 11.5 Å². The summed E-state index contributed by atoms with van der Waals surface area (Å²) in [4.78, 5) is 0. The molecule has 0 aliphatic carbocycles. The van der Waals surface area contributed by atoms with E-state index in [9.17, 15) is 13.5 Å². The highest BCUT2D eigenvalue weighted by Gasteiger charge is 2.30. The minimum absolute atomic E-state index is 0.0589. The van der Waals surface area contributed by atoms with Gasteiger partial charge in [0.2, 0.25) is 0 Å². The van der Waals surface area contributed by atoms with Crippen molar-refractivity contribution in [2.24, 2.45) is 0 Å². The van der Waals surface area contributed by atoms with E-state index in [1.807, 2.05) is 0 Å². The number of rotatable bonds is 6. The maximum atomic E-state index is 12.5. The van der Waals surface area contributed by atoms with Crippen LogP contribution in [0.5, 0.6) is 5.75 Å². The topological polar surface area (TPSA) is 94.6 Å². The average molecular weight is 455 g/mol. The van der Waals surface area contributed by atoms with E-state index in [0.717, 1.165) is 0 Å². The van der Waals surface area contributed by atoms with Crippen LogP contribution < -0.4 is 10.6 Å². The van der Waals surface area contributed by atoms with E-state index in [2.05, 4.69) is 15.0 Å². The van der Waals surface area contributed by atoms with Crippen LogP contribution in [0.3, 0.4) is 0 Å². The summed E-state index contributed by atoms with van der Waals surface area (Å²) in [7, 11) is -3.82. The number of nitrogens with zero attached hydrogens (tertiary/aromatic N) is 2. The number of hydrogen-bond acceptors (Lipinski definition) is 6. The van der Waals surface area contributed by atoms with Gasteiger partial charge in [-0.05, 0) is 35.9 Å². The molecule has 26 heavy (non-hydrogen) atoms. The van der Waals surface area contributed by atoms with Crippen LogP contribution in [-0.2, 0) is 10.0 Å². The van der Waals surface area contributed by atoms with E-state index in [4.69, 9.17) is 35.4 Å². The van der Waals surface area contributed by atoms with Gasteiger partial charge in [0.15, 0.2) is 20.9 Å². The Bertz CT molecular complexity index is 914. The summed E-state index contributed by atoms with van der Waals surface area (Å²) in [5.74, 6) is -0.542. The molecule has 0 fully saturated rings. The van der Waals surface area contributed by atoms with Crippen LogP contribution in [0.2, 0.25) is 10.0 Å². The van der Waals surface area contributed by atoms with Crippen molar-refractivity contribution in [3.63, 3.8) is 0 Å². The maximum Gasteiger partial charge on any atom is 0.257 e. The number of sulfonamides is 1. The predicted octanol–water partition coefficient (Wildman–Crippen LogP) is 3.99. The molecule has 0 radical (unpaired) electrons. The number of aromatic nitrogens is 1. The third kappa shape index (κ3) is 4.38. The molecule has 0 aliphatic heterocycles. The van der Waals surface area contributed by atoms with Gasteiger partial charge in [0.25, 0.3) is 10.0 Å². The zero-order chi connectivity index (χ0) is 19.5. The summed E-state index contributed by atoms with van der Waals surface area (Å²) in [6, 6.07) is 4.98. The molecule has 0 saturated heterocycles. The molecular formula is C14H16Cl2N4O3S3. The highest BCUT2D eigenvalue weighted by Crippen LogP contribution is 2.36. The van der Waals surface area contributed by atoms with Crippen LogP contribution in [0.15, 0.2) is 22.4 Å². The first-order valence-corrected chi connectivity index (χ1v) is 10.8. The molecule has 1 aromatic heterocycles. The lowest BCUT2D eigenvalue weighted by Gasteiger charge is -2.16. The van der Waals surface area contributed by atoms with Gasteiger partial charge in [-0.1, -0.05) is 43.1 Å². The minimum atomic E-state index is -3.82. The quantitative estimate of drug-likeness (QED) is 0.567. The molecule has 3 N–H and O–H groups in total. The Morgan fingerprint density at radius 3 is 2.58 bits per heavy atom. The van der Waals surface area contributed by atoms with E-state index >= 15 is 0 Å². The largest absolute Gasteiger partial charge is 0.503 e. The third-order valence-electron chi connectivity index (χ3n) is 3.35. The lowest BCUT2D eigenvalue weighted by atomic mass is 10.3. The zero-order valence-electron chi connectivity index (χ0n) is 13.8. The first-order chi connectivity index (χ1) is 12.2. The van der Waals surface area contributed by atoms with E-state index < -0.39 is 15.8 Å². The van der Waals surface area contributed by atoms with E-state index in [-0.39, 0.29) is 33.3 Å². The van der Waals surface area contributed by atoms with Gasteiger partial charge in [-0.15, -0.1) is 0 Å². The Hall–Kier alpha value is -1.17. The van der Waals surface area contributed by atoms with Crippen molar-refractivity contribution in [1.29, 1.82) is 0 Å². The van der Waals surface area contributed by atoms with Crippen molar-refractivity contribution in [1.82, 2.24) is 8.68 Å². The van der Waals surface area contributed by atoms with Gasteiger partial charge in [0.1, 0.15) is 0 Å². The molecule has 0 unspecified atom stereocenters. The van der Waals surface area contributed by atoms with Gasteiger partial charge in [-0.25, -0.2) is 8.42 Å². The highest BCUT2D eigenvalue weighted by atomic mass is 35.5. The monoisotopic (exact) mass is 454 g/mol. The number of benzene rings is 1. The zero-order valence-corrected chi connectivity index (χ0v) is 17.7. The number of aromatic hydroxyl groups is 1. The van der Waals surface area contributed by atoms with Crippen molar-refractivity contribution in [2.45, 2.75) is 18.1 Å². The van der Waals surface area contributed by atoms with Gasteiger partial charge >= 0.3 is 0 Å². The summed E-state index contributed by atoms with van der Waals surface area (Å²) in [5.41, 5.74) is 0.461. The summed E-state index contributed by atoms with van der Waals surface area (Å²) >= 11 is 17.8. The maximum absolute atomic E-state index is 12.5. The summed E-state index contributed by atoms with van der Waals surface area (Å²) in [6.45, 7) is 4.00. The molecule has 0 amide bonds. The summed E-state index contributed by atoms with van der Waals surface area (Å²) in [6.07, 6.45) is 0. The van der Waals surface area contributed by atoms with Crippen LogP contribution in [0, 0.1) is 0 Å². The molecule has 7 nitrogen and oxygen atoms in total. The molecule has 142 valence electrons. The molecule has 1 aromatic carbocycles. The molecule has 2 aromatic rings. The Balaban J connectivity index is 2.20. The van der Waals surface area contributed by atoms with Crippen molar-refractivity contribution < 1.29 is 13.5 Å². The second kappa shape index (κ2) is 8.68. The lowest BCUT2D eigenvalue weighted by Crippen LogP contribution is -2.30. The second-order valence-corrected chi connectivity index (χ2v) is 9.04. The molecule has 0 atom stereocenters. The minimum Gasteiger partial charge on any atom is -0.503 e. The fourth-order valence-corrected chi connectivity index (χ4v) is 5.17. The third-order valence-corrected chi connectivity index (χ3v) is 7.72. The van der Waals surface area contributed by atoms with Crippen molar-refractivity contribution in [2.75, 3.05) is 23.7 Å². The number of thiocarbonyl (C=S) groups is 1. The summed E-state index contributed by atoms with van der Waals surface area (Å²) < 4.78 is 30.0. The molecule has 0 aliphatic rings. The fraction of sp³-hybridized carbons (Fsp3) is 0.286. The molecule has 0 bridgehead atoms. The number of hydrogen-bond donors (Lipinski definition) is 3. The SMILES string of the molecule is CCN(CC)S(=O)(=O)c1snc(NC(=S)Nc2cccc(Cl)c2Cl)c1O. The Morgan fingerprint density at radius 1 is 1.31 bits per heavy atom. The second-order valence-electron chi connectivity index (χ2n) is 4.94. The van der Waals surface area contributed by atoms with Crippen LogP contribution in [0.1, 0.15) is 13.8 Å². The molecule has 1 heterocycles. The highest BCUT2D eigenvalue weighted by molar-refractivity contribution is 7.91. The molecule has 0 spiro atoms. The van der Waals surface area contributed by atoms with Gasteiger partial charge in [0.05, 0.1) is 15.7 Å². The van der Waals surface area contributed by atoms with Gasteiger partial charge in [-0.3, -0.25) is 0 Å². The Kier molecular flexibility index (Phi) is 7.05. The normalized spacial score (nSPS) is 11.6. The van der Waals surface area contributed by atoms with Crippen LogP contribution >= 0.6 is 47.0 Å². The van der Waals surface area contributed by atoms with E-state index in [1.54, 1.807) is 32.0 Å².